The van der Waals surface area contributed by atoms with Crippen LogP contribution < -0.4 is 0 Å². The zero-order valence-electron chi connectivity index (χ0n) is 15.0. The number of alkyl halides is 3. The van der Waals surface area contributed by atoms with Gasteiger partial charge in [-0.25, -0.2) is 0 Å². The first-order valence-electron chi connectivity index (χ1n) is 8.50. The normalized spacial score (nSPS) is 16.0. The third kappa shape index (κ3) is 5.05. The van der Waals surface area contributed by atoms with Gasteiger partial charge >= 0.3 is 12.1 Å². The lowest BCUT2D eigenvalue weighted by molar-refractivity contribution is -0.138. The molecular weight excluding hydrogens is 463 g/mol. The van der Waals surface area contributed by atoms with Crippen LogP contribution >= 0.6 is 35.6 Å². The van der Waals surface area contributed by atoms with Crippen LogP contribution in [0.4, 0.5) is 13.2 Å². The maximum Gasteiger partial charge on any atom is 0.417 e. The van der Waals surface area contributed by atoms with Crippen LogP contribution in [-0.4, -0.2) is 32.7 Å². The number of rotatable bonds is 6. The van der Waals surface area contributed by atoms with Gasteiger partial charge in [0.25, 0.3) is 5.91 Å². The second-order valence-electron chi connectivity index (χ2n) is 6.23. The van der Waals surface area contributed by atoms with Gasteiger partial charge in [-0.2, -0.15) is 13.2 Å². The molecule has 11 heteroatoms. The van der Waals surface area contributed by atoms with Crippen LogP contribution in [0.2, 0.25) is 5.02 Å². The molecule has 0 spiro atoms. The first kappa shape index (κ1) is 22.4. The van der Waals surface area contributed by atoms with Gasteiger partial charge in [0.05, 0.1) is 15.5 Å². The fourth-order valence-corrected chi connectivity index (χ4v) is 4.21. The molecule has 0 saturated carbocycles. The van der Waals surface area contributed by atoms with Crippen molar-refractivity contribution in [3.63, 3.8) is 0 Å². The van der Waals surface area contributed by atoms with Crippen LogP contribution in [0.3, 0.4) is 0 Å². The van der Waals surface area contributed by atoms with Crippen LogP contribution in [-0.2, 0) is 15.8 Å². The Morgan fingerprint density at radius 2 is 2.03 bits per heavy atom. The Kier molecular flexibility index (Phi) is 6.59. The van der Waals surface area contributed by atoms with Gasteiger partial charge in [0, 0.05) is 24.6 Å². The molecule has 1 aromatic heterocycles. The van der Waals surface area contributed by atoms with Crippen LogP contribution in [0.25, 0.3) is 17.4 Å². The Morgan fingerprint density at radius 1 is 1.30 bits per heavy atom. The molecule has 1 amide bonds. The molecule has 1 aromatic carbocycles. The zero-order chi connectivity index (χ0) is 22.1. The van der Waals surface area contributed by atoms with Crippen molar-refractivity contribution in [2.45, 2.75) is 19.0 Å². The van der Waals surface area contributed by atoms with Crippen LogP contribution in [0.15, 0.2) is 39.7 Å². The number of carboxylic acids is 1. The Morgan fingerprint density at radius 3 is 2.70 bits per heavy atom. The van der Waals surface area contributed by atoms with Gasteiger partial charge in [-0.1, -0.05) is 35.6 Å². The van der Waals surface area contributed by atoms with E-state index in [4.69, 9.17) is 33.3 Å². The van der Waals surface area contributed by atoms with Gasteiger partial charge in [-0.3, -0.25) is 14.5 Å². The molecule has 5 nitrogen and oxygen atoms in total. The summed E-state index contributed by atoms with van der Waals surface area (Å²) in [5.74, 6) is -0.894. The van der Waals surface area contributed by atoms with Crippen LogP contribution in [0, 0.1) is 0 Å². The number of halogens is 4. The Balaban J connectivity index is 1.79. The molecule has 0 atom stereocenters. The Labute approximate surface area is 183 Å². The summed E-state index contributed by atoms with van der Waals surface area (Å²) in [5, 5.41) is 8.29. The Bertz CT molecular complexity index is 1050. The molecule has 1 fully saturated rings. The number of thiocarbonyl (C=S) groups is 1. The first-order chi connectivity index (χ1) is 14.1. The fraction of sp³-hybridized carbons (Fsp3) is 0.211. The lowest BCUT2D eigenvalue weighted by Gasteiger charge is -2.13. The van der Waals surface area contributed by atoms with Gasteiger partial charge in [0.2, 0.25) is 0 Å². The van der Waals surface area contributed by atoms with E-state index in [1.165, 1.54) is 29.2 Å². The highest BCUT2D eigenvalue weighted by Crippen LogP contribution is 2.38. The van der Waals surface area contributed by atoms with Crippen molar-refractivity contribution in [3.05, 3.63) is 51.6 Å². The molecule has 2 aromatic rings. The highest BCUT2D eigenvalue weighted by molar-refractivity contribution is 8.26. The number of carboxylic acid groups (broad SMARTS) is 1. The number of carbonyl (C=O) groups excluding carboxylic acids is 1. The highest BCUT2D eigenvalue weighted by atomic mass is 35.5. The monoisotopic (exact) mass is 475 g/mol. The summed E-state index contributed by atoms with van der Waals surface area (Å²) in [7, 11) is 0. The van der Waals surface area contributed by atoms with E-state index in [1.807, 2.05) is 0 Å². The third-order valence-electron chi connectivity index (χ3n) is 4.10. The molecule has 0 radical (unpaired) electrons. The van der Waals surface area contributed by atoms with Gasteiger partial charge in [-0.05, 0) is 36.8 Å². The first-order valence-corrected chi connectivity index (χ1v) is 10.1. The van der Waals surface area contributed by atoms with Crippen molar-refractivity contribution >= 4 is 57.9 Å². The van der Waals surface area contributed by atoms with E-state index >= 15 is 0 Å². The molecule has 2 heterocycles. The molecule has 0 aliphatic carbocycles. The number of furan rings is 1. The van der Waals surface area contributed by atoms with Gasteiger partial charge in [-0.15, -0.1) is 0 Å². The van der Waals surface area contributed by atoms with Crippen molar-refractivity contribution in [2.75, 3.05) is 6.54 Å². The zero-order valence-corrected chi connectivity index (χ0v) is 17.4. The second kappa shape index (κ2) is 8.83. The number of benzene rings is 1. The van der Waals surface area contributed by atoms with Crippen LogP contribution in [0.1, 0.15) is 24.2 Å². The minimum absolute atomic E-state index is 0.0847. The number of nitrogens with zero attached hydrogens (tertiary/aromatic N) is 1. The molecular formula is C19H13ClF3NO4S2. The Hall–Kier alpha value is -2.30. The second-order valence-corrected chi connectivity index (χ2v) is 8.31. The predicted octanol–water partition coefficient (Wildman–Crippen LogP) is 5.68. The average Bonchev–Trinajstić information content (AvgIpc) is 3.21. The molecule has 30 heavy (non-hydrogen) atoms. The molecule has 1 aliphatic rings. The summed E-state index contributed by atoms with van der Waals surface area (Å²) in [6, 6.07) is 6.45. The quantitative estimate of drug-likeness (QED) is 0.428. The van der Waals surface area contributed by atoms with E-state index in [9.17, 15) is 22.8 Å². The molecule has 1 aliphatic heterocycles. The third-order valence-corrected chi connectivity index (χ3v) is 5.81. The van der Waals surface area contributed by atoms with E-state index in [2.05, 4.69) is 0 Å². The van der Waals surface area contributed by atoms with Crippen molar-refractivity contribution in [3.8, 4) is 11.3 Å². The molecule has 0 unspecified atom stereocenters. The van der Waals surface area contributed by atoms with Crippen molar-refractivity contribution in [1.29, 1.82) is 0 Å². The van der Waals surface area contributed by atoms with Gasteiger partial charge < -0.3 is 9.52 Å². The molecule has 3 rings (SSSR count). The molecule has 0 bridgehead atoms. The lowest BCUT2D eigenvalue weighted by Crippen LogP contribution is -2.29. The highest BCUT2D eigenvalue weighted by Gasteiger charge is 2.34. The maximum atomic E-state index is 13.1. The summed E-state index contributed by atoms with van der Waals surface area (Å²) < 4.78 is 45.0. The number of thioether (sulfide) groups is 1. The van der Waals surface area contributed by atoms with Crippen LogP contribution in [0.5, 0.6) is 0 Å². The van der Waals surface area contributed by atoms with Crippen molar-refractivity contribution < 1.29 is 32.3 Å². The molecule has 1 N–H and O–H groups in total. The lowest BCUT2D eigenvalue weighted by atomic mass is 10.1. The average molecular weight is 476 g/mol. The topological polar surface area (TPSA) is 70.8 Å². The molecule has 1 saturated heterocycles. The number of carbonyl (C=O) groups is 2. The summed E-state index contributed by atoms with van der Waals surface area (Å²) >= 11 is 11.8. The minimum Gasteiger partial charge on any atom is -0.481 e. The number of amides is 1. The standard InChI is InChI=1S/C19H13ClF3NO4S2/c20-13-5-3-10(8-12(13)19(21,22)23)14-6-4-11(28-14)9-15-17(27)24(18(29)30-15)7-1-2-16(25)26/h3-6,8-9H,1-2,7H2,(H,25,26)/b15-9+. The summed E-state index contributed by atoms with van der Waals surface area (Å²) in [4.78, 5) is 24.7. The number of hydrogen-bond acceptors (Lipinski definition) is 5. The van der Waals surface area contributed by atoms with Gasteiger partial charge in [0.1, 0.15) is 15.8 Å². The van der Waals surface area contributed by atoms with E-state index in [-0.39, 0.29) is 47.3 Å². The predicted molar refractivity (Wildman–Crippen MR) is 111 cm³/mol. The van der Waals surface area contributed by atoms with E-state index in [1.54, 1.807) is 0 Å². The molecule has 158 valence electrons. The summed E-state index contributed by atoms with van der Waals surface area (Å²) in [5.41, 5.74) is -0.783. The minimum atomic E-state index is -4.60. The van der Waals surface area contributed by atoms with E-state index in [0.29, 0.717) is 4.32 Å². The summed E-state index contributed by atoms with van der Waals surface area (Å²) in [6.07, 6.45) is -2.98. The van der Waals surface area contributed by atoms with Gasteiger partial charge in [0.15, 0.2) is 0 Å². The van der Waals surface area contributed by atoms with E-state index < -0.39 is 22.7 Å². The fourth-order valence-electron chi connectivity index (χ4n) is 2.69. The van der Waals surface area contributed by atoms with Crippen molar-refractivity contribution in [1.82, 2.24) is 4.90 Å². The SMILES string of the molecule is O=C(O)CCCN1C(=O)/C(=C\c2ccc(-c3ccc(Cl)c(C(F)(F)F)c3)o2)SC1=S. The number of aliphatic carboxylic acids is 1. The largest absolute Gasteiger partial charge is 0.481 e. The van der Waals surface area contributed by atoms with Crippen molar-refractivity contribution in [2.24, 2.45) is 0 Å². The van der Waals surface area contributed by atoms with E-state index in [0.717, 1.165) is 23.9 Å². The smallest absolute Gasteiger partial charge is 0.417 e. The summed E-state index contributed by atoms with van der Waals surface area (Å²) in [6.45, 7) is 0.183. The number of hydrogen-bond donors (Lipinski definition) is 1. The maximum absolute atomic E-state index is 13.1.